The lowest BCUT2D eigenvalue weighted by molar-refractivity contribution is 0.624. The first kappa shape index (κ1) is 9.41. The highest BCUT2D eigenvalue weighted by molar-refractivity contribution is 5.29. The van der Waals surface area contributed by atoms with Gasteiger partial charge in [0.2, 0.25) is 0 Å². The second kappa shape index (κ2) is 3.64. The van der Waals surface area contributed by atoms with Crippen molar-refractivity contribution in [1.82, 2.24) is 5.32 Å². The van der Waals surface area contributed by atoms with Gasteiger partial charge in [-0.3, -0.25) is 0 Å². The van der Waals surface area contributed by atoms with Crippen LogP contribution in [0.15, 0.2) is 24.3 Å². The van der Waals surface area contributed by atoms with E-state index in [1.54, 1.807) is 5.56 Å². The Kier molecular flexibility index (Phi) is 2.28. The molecular weight excluding hydrogens is 182 g/mol. The number of hydrogen-bond acceptors (Lipinski definition) is 1. The van der Waals surface area contributed by atoms with E-state index in [0.717, 1.165) is 17.9 Å². The second-order valence-electron chi connectivity index (χ2n) is 5.20. The summed E-state index contributed by atoms with van der Waals surface area (Å²) in [6, 6.07) is 9.94. The van der Waals surface area contributed by atoms with Crippen molar-refractivity contribution in [2.75, 3.05) is 6.54 Å². The largest absolute Gasteiger partial charge is 0.314 e. The molecule has 0 aliphatic heterocycles. The minimum absolute atomic E-state index is 0.844. The molecule has 0 amide bonds. The molecule has 1 aromatic rings. The number of nitrogens with one attached hydrogen (secondary N) is 1. The van der Waals surface area contributed by atoms with Crippen molar-refractivity contribution >= 4 is 0 Å². The van der Waals surface area contributed by atoms with Gasteiger partial charge in [-0.05, 0) is 50.1 Å². The van der Waals surface area contributed by atoms with Crippen molar-refractivity contribution in [2.45, 2.75) is 38.1 Å². The van der Waals surface area contributed by atoms with Gasteiger partial charge in [0, 0.05) is 6.04 Å². The van der Waals surface area contributed by atoms with Gasteiger partial charge < -0.3 is 5.32 Å². The fourth-order valence-corrected chi connectivity index (χ4v) is 2.30. The zero-order valence-corrected chi connectivity index (χ0v) is 9.37. The quantitative estimate of drug-likeness (QED) is 0.790. The minimum atomic E-state index is 0.844. The molecule has 0 spiro atoms. The van der Waals surface area contributed by atoms with Crippen LogP contribution in [0.5, 0.6) is 0 Å². The number of rotatable bonds is 4. The highest BCUT2D eigenvalue weighted by Crippen LogP contribution is 2.47. The van der Waals surface area contributed by atoms with E-state index < -0.39 is 0 Å². The van der Waals surface area contributed by atoms with Gasteiger partial charge in [0.1, 0.15) is 0 Å². The van der Waals surface area contributed by atoms with Crippen molar-refractivity contribution in [3.8, 4) is 0 Å². The maximum Gasteiger partial charge on any atom is 0.00683 e. The predicted molar refractivity (Wildman–Crippen MR) is 63.1 cm³/mol. The van der Waals surface area contributed by atoms with Gasteiger partial charge in [-0.2, -0.15) is 0 Å². The normalized spacial score (nSPS) is 29.1. The Morgan fingerprint density at radius 3 is 2.60 bits per heavy atom. The molecule has 2 fully saturated rings. The summed E-state index contributed by atoms with van der Waals surface area (Å²) < 4.78 is 0. The molecule has 0 aromatic heterocycles. The predicted octanol–water partition coefficient (Wildman–Crippen LogP) is 2.85. The third-order valence-electron chi connectivity index (χ3n) is 3.67. The molecule has 1 N–H and O–H groups in total. The summed E-state index contributed by atoms with van der Waals surface area (Å²) in [7, 11) is 0. The summed E-state index contributed by atoms with van der Waals surface area (Å²) in [6.45, 7) is 3.39. The lowest BCUT2D eigenvalue weighted by Crippen LogP contribution is -2.19. The summed E-state index contributed by atoms with van der Waals surface area (Å²) >= 11 is 0. The van der Waals surface area contributed by atoms with Crippen molar-refractivity contribution in [1.29, 1.82) is 0 Å². The lowest BCUT2D eigenvalue weighted by Gasteiger charge is -2.02. The van der Waals surface area contributed by atoms with E-state index in [1.165, 1.54) is 31.4 Å². The first-order chi connectivity index (χ1) is 7.33. The Morgan fingerprint density at radius 1 is 1.20 bits per heavy atom. The van der Waals surface area contributed by atoms with E-state index in [0.29, 0.717) is 0 Å². The maximum atomic E-state index is 3.63. The van der Waals surface area contributed by atoms with E-state index in [9.17, 15) is 0 Å². The second-order valence-corrected chi connectivity index (χ2v) is 5.20. The molecule has 0 bridgehead atoms. The van der Waals surface area contributed by atoms with Gasteiger partial charge in [0.05, 0.1) is 0 Å². The van der Waals surface area contributed by atoms with Gasteiger partial charge in [-0.15, -0.1) is 0 Å². The number of hydrogen-bond donors (Lipinski definition) is 1. The minimum Gasteiger partial charge on any atom is -0.314 e. The van der Waals surface area contributed by atoms with Crippen molar-refractivity contribution < 1.29 is 0 Å². The van der Waals surface area contributed by atoms with Gasteiger partial charge >= 0.3 is 0 Å². The highest BCUT2D eigenvalue weighted by Gasteiger charge is 2.38. The lowest BCUT2D eigenvalue weighted by atomic mass is 10.1. The summed E-state index contributed by atoms with van der Waals surface area (Å²) in [4.78, 5) is 0. The third kappa shape index (κ3) is 2.23. The molecule has 0 saturated heterocycles. The van der Waals surface area contributed by atoms with E-state index >= 15 is 0 Å². The first-order valence-electron chi connectivity index (χ1n) is 6.13. The smallest absolute Gasteiger partial charge is 0.00683 e. The van der Waals surface area contributed by atoms with E-state index in [-0.39, 0.29) is 0 Å². The molecule has 1 nitrogen and oxygen atoms in total. The fourth-order valence-electron chi connectivity index (χ4n) is 2.30. The molecule has 80 valence electrons. The maximum absolute atomic E-state index is 3.63. The van der Waals surface area contributed by atoms with E-state index in [4.69, 9.17) is 0 Å². The molecule has 0 radical (unpaired) electrons. The summed E-state index contributed by atoms with van der Waals surface area (Å²) in [5.41, 5.74) is 2.91. The molecule has 1 heteroatoms. The monoisotopic (exact) mass is 201 g/mol. The van der Waals surface area contributed by atoms with Crippen LogP contribution in [0.25, 0.3) is 0 Å². The Bertz CT molecular complexity index is 337. The zero-order chi connectivity index (χ0) is 10.3. The summed E-state index contributed by atoms with van der Waals surface area (Å²) in [5.74, 6) is 1.75. The molecule has 2 saturated carbocycles. The third-order valence-corrected chi connectivity index (χ3v) is 3.67. The summed E-state index contributed by atoms with van der Waals surface area (Å²) in [5, 5.41) is 3.63. The standard InChI is InChI=1S/C14H19N/c1-10-2-4-11(5-3-10)14-8-12(14)9-15-13-6-7-13/h2-5,12-15H,6-9H2,1H3. The van der Waals surface area contributed by atoms with Crippen LogP contribution < -0.4 is 5.32 Å². The molecule has 2 aliphatic rings. The SMILES string of the molecule is Cc1ccc(C2CC2CNC2CC2)cc1. The molecule has 2 unspecified atom stereocenters. The molecule has 15 heavy (non-hydrogen) atoms. The average Bonchev–Trinajstić information content (AvgIpc) is 3.12. The van der Waals surface area contributed by atoms with Crippen LogP contribution in [0.1, 0.15) is 36.3 Å². The van der Waals surface area contributed by atoms with Crippen LogP contribution in [0.2, 0.25) is 0 Å². The molecule has 2 aliphatic carbocycles. The van der Waals surface area contributed by atoms with Crippen molar-refractivity contribution in [2.24, 2.45) is 5.92 Å². The topological polar surface area (TPSA) is 12.0 Å². The van der Waals surface area contributed by atoms with Gasteiger partial charge in [0.15, 0.2) is 0 Å². The van der Waals surface area contributed by atoms with Crippen LogP contribution in [0.3, 0.4) is 0 Å². The molecule has 3 rings (SSSR count). The van der Waals surface area contributed by atoms with Gasteiger partial charge in [0.25, 0.3) is 0 Å². The summed E-state index contributed by atoms with van der Waals surface area (Å²) in [6.07, 6.45) is 4.20. The van der Waals surface area contributed by atoms with Crippen molar-refractivity contribution in [3.05, 3.63) is 35.4 Å². The van der Waals surface area contributed by atoms with Crippen LogP contribution >= 0.6 is 0 Å². The average molecular weight is 201 g/mol. The Labute approximate surface area is 91.9 Å². The number of benzene rings is 1. The van der Waals surface area contributed by atoms with E-state index in [2.05, 4.69) is 36.5 Å². The van der Waals surface area contributed by atoms with Gasteiger partial charge in [-0.1, -0.05) is 29.8 Å². The van der Waals surface area contributed by atoms with E-state index in [1.807, 2.05) is 0 Å². The molecule has 2 atom stereocenters. The highest BCUT2D eigenvalue weighted by atomic mass is 15.0. The Hall–Kier alpha value is -0.820. The van der Waals surface area contributed by atoms with Crippen LogP contribution in [0, 0.1) is 12.8 Å². The van der Waals surface area contributed by atoms with Crippen molar-refractivity contribution in [3.63, 3.8) is 0 Å². The number of aryl methyl sites for hydroxylation is 1. The van der Waals surface area contributed by atoms with Crippen LogP contribution in [-0.4, -0.2) is 12.6 Å². The zero-order valence-electron chi connectivity index (χ0n) is 9.37. The molecule has 0 heterocycles. The van der Waals surface area contributed by atoms with Gasteiger partial charge in [-0.25, -0.2) is 0 Å². The van der Waals surface area contributed by atoms with Crippen LogP contribution in [-0.2, 0) is 0 Å². The fraction of sp³-hybridized carbons (Fsp3) is 0.571. The Morgan fingerprint density at radius 2 is 1.93 bits per heavy atom. The molecular formula is C14H19N. The van der Waals surface area contributed by atoms with Crippen LogP contribution in [0.4, 0.5) is 0 Å². The Balaban J connectivity index is 1.54. The first-order valence-corrected chi connectivity index (χ1v) is 6.13. The molecule has 1 aromatic carbocycles.